The highest BCUT2D eigenvalue weighted by molar-refractivity contribution is 5.90. The first-order chi connectivity index (χ1) is 8.91. The number of carbonyl (C=O) groups excluding carboxylic acids is 1. The van der Waals surface area contributed by atoms with E-state index in [0.29, 0.717) is 19.7 Å². The van der Waals surface area contributed by atoms with E-state index >= 15 is 0 Å². The fourth-order valence-electron chi connectivity index (χ4n) is 3.63. The number of hydrogen-bond donors (Lipinski definition) is 1. The van der Waals surface area contributed by atoms with E-state index in [2.05, 4.69) is 13.2 Å². The largest absolute Gasteiger partial charge is 0.377 e. The van der Waals surface area contributed by atoms with E-state index in [9.17, 15) is 4.79 Å². The maximum atomic E-state index is 12.8. The van der Waals surface area contributed by atoms with Gasteiger partial charge in [0, 0.05) is 31.0 Å². The van der Waals surface area contributed by atoms with Crippen LogP contribution in [0.2, 0.25) is 0 Å². The van der Waals surface area contributed by atoms with Crippen LogP contribution in [0.25, 0.3) is 0 Å². The molecule has 1 amide bonds. The van der Waals surface area contributed by atoms with Crippen molar-refractivity contribution in [1.82, 2.24) is 4.90 Å². The van der Waals surface area contributed by atoms with Crippen LogP contribution in [-0.2, 0) is 9.53 Å². The summed E-state index contributed by atoms with van der Waals surface area (Å²) in [7, 11) is 0. The first kappa shape index (κ1) is 14.3. The molecule has 1 saturated carbocycles. The molecule has 19 heavy (non-hydrogen) atoms. The summed E-state index contributed by atoms with van der Waals surface area (Å²) in [5.41, 5.74) is 5.37. The van der Waals surface area contributed by atoms with Gasteiger partial charge in [-0.05, 0) is 6.42 Å². The van der Waals surface area contributed by atoms with Gasteiger partial charge in [0.05, 0.1) is 6.10 Å². The van der Waals surface area contributed by atoms with Crippen molar-refractivity contribution in [2.24, 2.45) is 17.1 Å². The molecule has 1 aliphatic heterocycles. The minimum atomic E-state index is -0.833. The van der Waals surface area contributed by atoms with Gasteiger partial charge in [-0.25, -0.2) is 0 Å². The van der Waals surface area contributed by atoms with Crippen LogP contribution in [0.3, 0.4) is 0 Å². The van der Waals surface area contributed by atoms with E-state index in [1.807, 2.05) is 13.8 Å². The number of nitrogens with zero attached hydrogens (tertiary/aromatic N) is 1. The molecule has 0 aromatic carbocycles. The maximum absolute atomic E-state index is 12.8. The Bertz CT molecular complexity index is 395. The lowest BCUT2D eigenvalue weighted by Gasteiger charge is -2.61. The van der Waals surface area contributed by atoms with Gasteiger partial charge < -0.3 is 15.4 Å². The Balaban J connectivity index is 2.25. The van der Waals surface area contributed by atoms with E-state index in [1.165, 1.54) is 0 Å². The van der Waals surface area contributed by atoms with E-state index in [-0.39, 0.29) is 23.3 Å². The molecular weight excluding hydrogens is 240 g/mol. The summed E-state index contributed by atoms with van der Waals surface area (Å²) in [6.07, 6.45) is 4.42. The zero-order valence-corrected chi connectivity index (χ0v) is 11.9. The lowest BCUT2D eigenvalue weighted by molar-refractivity contribution is -0.183. The molecule has 0 spiro atoms. The zero-order chi connectivity index (χ0) is 14.3. The molecule has 2 fully saturated rings. The standard InChI is InChI=1S/C15H24N2O2/c1-5-8-17(9-6-2)13(18)15(16)11-7-10-19-12(11)14(15,3)4/h5-6,11-12H,1-2,7-10,16H2,3-4H3. The fourth-order valence-corrected chi connectivity index (χ4v) is 3.63. The van der Waals surface area contributed by atoms with E-state index in [0.717, 1.165) is 6.42 Å². The Kier molecular flexibility index (Phi) is 3.58. The topological polar surface area (TPSA) is 55.6 Å². The van der Waals surface area contributed by atoms with Crippen LogP contribution in [0.5, 0.6) is 0 Å². The molecule has 2 N–H and O–H groups in total. The second kappa shape index (κ2) is 4.76. The number of amides is 1. The van der Waals surface area contributed by atoms with E-state index < -0.39 is 5.54 Å². The molecule has 3 atom stereocenters. The Morgan fingerprint density at radius 1 is 1.42 bits per heavy atom. The Hall–Kier alpha value is -1.13. The molecule has 2 rings (SSSR count). The Morgan fingerprint density at radius 2 is 2.00 bits per heavy atom. The highest BCUT2D eigenvalue weighted by atomic mass is 16.5. The predicted octanol–water partition coefficient (Wildman–Crippen LogP) is 1.33. The molecule has 1 saturated heterocycles. The van der Waals surface area contributed by atoms with Gasteiger partial charge in [0.15, 0.2) is 0 Å². The molecule has 1 aliphatic carbocycles. The van der Waals surface area contributed by atoms with E-state index in [4.69, 9.17) is 10.5 Å². The molecule has 1 heterocycles. The summed E-state index contributed by atoms with van der Waals surface area (Å²) in [5, 5.41) is 0. The summed E-state index contributed by atoms with van der Waals surface area (Å²) in [4.78, 5) is 14.6. The van der Waals surface area contributed by atoms with Gasteiger partial charge in [-0.1, -0.05) is 26.0 Å². The number of ether oxygens (including phenoxy) is 1. The smallest absolute Gasteiger partial charge is 0.244 e. The SMILES string of the molecule is C=CCN(CC=C)C(=O)C1(N)C2CCOC2C1(C)C. The monoisotopic (exact) mass is 264 g/mol. The van der Waals surface area contributed by atoms with Crippen molar-refractivity contribution in [3.63, 3.8) is 0 Å². The van der Waals surface area contributed by atoms with Gasteiger partial charge in [0.25, 0.3) is 0 Å². The third-order valence-corrected chi connectivity index (χ3v) is 4.79. The first-order valence-corrected chi connectivity index (χ1v) is 6.83. The van der Waals surface area contributed by atoms with Gasteiger partial charge >= 0.3 is 0 Å². The molecule has 0 aromatic heterocycles. The summed E-state index contributed by atoms with van der Waals surface area (Å²) in [6.45, 7) is 13.1. The maximum Gasteiger partial charge on any atom is 0.244 e. The lowest BCUT2D eigenvalue weighted by atomic mass is 9.47. The van der Waals surface area contributed by atoms with Gasteiger partial charge in [-0.2, -0.15) is 0 Å². The highest BCUT2D eigenvalue weighted by Gasteiger charge is 2.71. The van der Waals surface area contributed by atoms with Crippen LogP contribution in [0.1, 0.15) is 20.3 Å². The highest BCUT2D eigenvalue weighted by Crippen LogP contribution is 2.58. The molecule has 0 radical (unpaired) electrons. The van der Waals surface area contributed by atoms with Crippen LogP contribution in [0.4, 0.5) is 0 Å². The first-order valence-electron chi connectivity index (χ1n) is 6.83. The summed E-state index contributed by atoms with van der Waals surface area (Å²) < 4.78 is 5.72. The van der Waals surface area contributed by atoms with Gasteiger partial charge in [0.1, 0.15) is 5.54 Å². The number of fused-ring (bicyclic) bond motifs is 1. The molecule has 2 aliphatic rings. The Morgan fingerprint density at radius 3 is 2.53 bits per heavy atom. The summed E-state index contributed by atoms with van der Waals surface area (Å²) in [6, 6.07) is 0. The molecule has 0 aromatic rings. The molecule has 4 nitrogen and oxygen atoms in total. The quantitative estimate of drug-likeness (QED) is 0.762. The van der Waals surface area contributed by atoms with Gasteiger partial charge in [-0.3, -0.25) is 4.79 Å². The third kappa shape index (κ3) is 1.77. The van der Waals surface area contributed by atoms with Crippen LogP contribution >= 0.6 is 0 Å². The normalized spacial score (nSPS) is 35.1. The molecule has 3 unspecified atom stereocenters. The van der Waals surface area contributed by atoms with Crippen LogP contribution in [-0.4, -0.2) is 42.1 Å². The number of nitrogens with two attached hydrogens (primary N) is 1. The number of rotatable bonds is 5. The molecule has 0 bridgehead atoms. The van der Waals surface area contributed by atoms with Crippen molar-refractivity contribution in [2.45, 2.75) is 31.9 Å². The third-order valence-electron chi connectivity index (χ3n) is 4.79. The summed E-state index contributed by atoms with van der Waals surface area (Å²) >= 11 is 0. The number of hydrogen-bond acceptors (Lipinski definition) is 3. The molecule has 4 heteroatoms. The average Bonchev–Trinajstić information content (AvgIpc) is 2.84. The van der Waals surface area contributed by atoms with Crippen molar-refractivity contribution in [2.75, 3.05) is 19.7 Å². The molecule has 106 valence electrons. The summed E-state index contributed by atoms with van der Waals surface area (Å²) in [5.74, 6) is 0.121. The minimum absolute atomic E-state index is 0.0101. The van der Waals surface area contributed by atoms with E-state index in [1.54, 1.807) is 17.1 Å². The van der Waals surface area contributed by atoms with Crippen molar-refractivity contribution in [1.29, 1.82) is 0 Å². The molecular formula is C15H24N2O2. The van der Waals surface area contributed by atoms with Gasteiger partial charge in [-0.15, -0.1) is 13.2 Å². The predicted molar refractivity (Wildman–Crippen MR) is 75.5 cm³/mol. The van der Waals surface area contributed by atoms with Crippen molar-refractivity contribution < 1.29 is 9.53 Å². The minimum Gasteiger partial charge on any atom is -0.377 e. The van der Waals surface area contributed by atoms with Crippen LogP contribution < -0.4 is 5.73 Å². The zero-order valence-electron chi connectivity index (χ0n) is 11.9. The van der Waals surface area contributed by atoms with Crippen molar-refractivity contribution >= 4 is 5.91 Å². The second-order valence-corrected chi connectivity index (χ2v) is 6.06. The van der Waals surface area contributed by atoms with Crippen molar-refractivity contribution in [3.8, 4) is 0 Å². The van der Waals surface area contributed by atoms with Crippen LogP contribution in [0, 0.1) is 11.3 Å². The Labute approximate surface area is 115 Å². The lowest BCUT2D eigenvalue weighted by Crippen LogP contribution is -2.80. The van der Waals surface area contributed by atoms with Crippen LogP contribution in [0.15, 0.2) is 25.3 Å². The van der Waals surface area contributed by atoms with Crippen molar-refractivity contribution in [3.05, 3.63) is 25.3 Å². The second-order valence-electron chi connectivity index (χ2n) is 6.06. The fraction of sp³-hybridized carbons (Fsp3) is 0.667. The van der Waals surface area contributed by atoms with Gasteiger partial charge in [0.2, 0.25) is 5.91 Å². The number of carbonyl (C=O) groups is 1. The average molecular weight is 264 g/mol.